The Balaban J connectivity index is -0.000000100. The van der Waals surface area contributed by atoms with E-state index in [0.717, 1.165) is 6.61 Å². The van der Waals surface area contributed by atoms with E-state index in [1.54, 1.807) is 7.11 Å². The third-order valence-electron chi connectivity index (χ3n) is 1.74. The first-order valence-corrected chi connectivity index (χ1v) is 11.2. The molecular formula is C14H40O6Si2. The zero-order valence-corrected chi connectivity index (χ0v) is 18.9. The summed E-state index contributed by atoms with van der Waals surface area (Å²) in [6.45, 7) is 12.4. The van der Waals surface area contributed by atoms with Crippen molar-refractivity contribution in [2.24, 2.45) is 0 Å². The van der Waals surface area contributed by atoms with Crippen LogP contribution in [-0.4, -0.2) is 60.7 Å². The van der Waals surface area contributed by atoms with E-state index in [-0.39, 0.29) is 19.5 Å². The molecule has 0 saturated heterocycles. The molecule has 6 nitrogen and oxygen atoms in total. The molecular weight excluding hydrogens is 320 g/mol. The summed E-state index contributed by atoms with van der Waals surface area (Å²) in [7, 11) is 4.53. The van der Waals surface area contributed by atoms with Gasteiger partial charge in [-0.2, -0.15) is 0 Å². The smallest absolute Gasteiger partial charge is 0.161 e. The summed E-state index contributed by atoms with van der Waals surface area (Å²) < 4.78 is 10.0. The number of hydrogen-bond donors (Lipinski definition) is 0. The highest BCUT2D eigenvalue weighted by molar-refractivity contribution is 6.27. The van der Waals surface area contributed by atoms with Gasteiger partial charge in [-0.1, -0.05) is 20.3 Å². The van der Waals surface area contributed by atoms with Gasteiger partial charge in [0.1, 0.15) is 0 Å². The van der Waals surface area contributed by atoms with E-state index in [9.17, 15) is 0 Å². The Morgan fingerprint density at radius 3 is 1.36 bits per heavy atom. The molecule has 0 heterocycles. The molecule has 0 amide bonds. The van der Waals surface area contributed by atoms with Crippen LogP contribution in [0.5, 0.6) is 0 Å². The molecule has 140 valence electrons. The Morgan fingerprint density at radius 1 is 0.682 bits per heavy atom. The maximum absolute atomic E-state index is 5.21. The minimum Gasteiger partial charge on any atom is -0.427 e. The predicted molar refractivity (Wildman–Crippen MR) is 98.6 cm³/mol. The third kappa shape index (κ3) is 71.6. The summed E-state index contributed by atoms with van der Waals surface area (Å²) in [6, 6.07) is 2.60. The van der Waals surface area contributed by atoms with Crippen LogP contribution in [0, 0.1) is 0 Å². The minimum absolute atomic E-state index is 0.0679. The van der Waals surface area contributed by atoms with Crippen LogP contribution < -0.4 is 0 Å². The van der Waals surface area contributed by atoms with E-state index in [4.69, 9.17) is 8.85 Å². The van der Waals surface area contributed by atoms with Gasteiger partial charge in [-0.25, -0.2) is 19.6 Å². The van der Waals surface area contributed by atoms with Crippen molar-refractivity contribution in [1.29, 1.82) is 0 Å². The minimum atomic E-state index is -0.0887. The summed E-state index contributed by atoms with van der Waals surface area (Å²) in [5, 5.41) is 0. The van der Waals surface area contributed by atoms with Crippen molar-refractivity contribution in [3.05, 3.63) is 0 Å². The summed E-state index contributed by atoms with van der Waals surface area (Å²) in [6.07, 6.45) is 1.30. The molecule has 0 atom stereocenters. The fourth-order valence-corrected chi connectivity index (χ4v) is 1.95. The molecule has 0 radical (unpaired) electrons. The maximum atomic E-state index is 5.21. The van der Waals surface area contributed by atoms with Gasteiger partial charge < -0.3 is 8.85 Å². The van der Waals surface area contributed by atoms with Crippen LogP contribution in [0.2, 0.25) is 12.1 Å². The summed E-state index contributed by atoms with van der Waals surface area (Å²) in [4.78, 5) is 17.0. The number of rotatable bonds is 10. The molecule has 0 aliphatic rings. The summed E-state index contributed by atoms with van der Waals surface area (Å²) in [5.41, 5.74) is 0. The molecule has 0 spiro atoms. The van der Waals surface area contributed by atoms with E-state index in [1.165, 1.54) is 32.7 Å². The van der Waals surface area contributed by atoms with Gasteiger partial charge in [0.2, 0.25) is 0 Å². The van der Waals surface area contributed by atoms with Crippen molar-refractivity contribution < 1.29 is 28.4 Å². The second-order valence-electron chi connectivity index (χ2n) is 3.69. The van der Waals surface area contributed by atoms with Crippen LogP contribution in [0.3, 0.4) is 0 Å². The topological polar surface area (TPSA) is 55.4 Å². The van der Waals surface area contributed by atoms with Gasteiger partial charge in [0, 0.05) is 13.7 Å². The predicted octanol–water partition coefficient (Wildman–Crippen LogP) is 2.26. The second kappa shape index (κ2) is 42.9. The molecule has 0 fully saturated rings. The lowest BCUT2D eigenvalue weighted by Gasteiger charge is -1.93. The molecule has 0 aliphatic heterocycles. The normalized spacial score (nSPS) is 9.82. The van der Waals surface area contributed by atoms with Crippen LogP contribution in [0.4, 0.5) is 0 Å². The van der Waals surface area contributed by atoms with Gasteiger partial charge >= 0.3 is 0 Å². The molecule has 22 heavy (non-hydrogen) atoms. The molecule has 0 bridgehead atoms. The van der Waals surface area contributed by atoms with Crippen molar-refractivity contribution in [2.75, 3.05) is 41.2 Å². The fraction of sp³-hybridized carbons (Fsp3) is 1.00. The summed E-state index contributed by atoms with van der Waals surface area (Å²) in [5.74, 6) is 0. The van der Waals surface area contributed by atoms with Crippen molar-refractivity contribution in [1.82, 2.24) is 0 Å². The zero-order valence-electron chi connectivity index (χ0n) is 16.1. The number of hydrogen-bond acceptors (Lipinski definition) is 6. The van der Waals surface area contributed by atoms with Crippen LogP contribution in [0.1, 0.15) is 41.0 Å². The van der Waals surface area contributed by atoms with Gasteiger partial charge in [-0.3, -0.25) is 0 Å². The average molecular weight is 361 g/mol. The lowest BCUT2D eigenvalue weighted by atomic mass is 10.6. The van der Waals surface area contributed by atoms with Gasteiger partial charge in [-0.05, 0) is 32.9 Å². The van der Waals surface area contributed by atoms with Gasteiger partial charge in [0.15, 0.2) is 19.5 Å². The standard InChI is InChI=1S/C5H14OSi.C4H10O2.C3H10OSi.C2H6O2/c1-3-5-7-6-4-2;1-3-5-6-4-2;1-3-5-4-2;1-3-4-2/h3-5,7H2,1-2H3;3-4H2,1-2H3;3,5H2,1-2H3;1-2H3. The maximum Gasteiger partial charge on any atom is 0.161 e. The Morgan fingerprint density at radius 2 is 1.18 bits per heavy atom. The summed E-state index contributed by atoms with van der Waals surface area (Å²) >= 11 is 0. The van der Waals surface area contributed by atoms with Crippen molar-refractivity contribution in [3.8, 4) is 0 Å². The zero-order chi connectivity index (χ0) is 17.9. The molecule has 0 aliphatic carbocycles. The Labute approximate surface area is 142 Å². The van der Waals surface area contributed by atoms with Crippen LogP contribution in [-0.2, 0) is 28.4 Å². The largest absolute Gasteiger partial charge is 0.427 e. The van der Waals surface area contributed by atoms with E-state index in [0.29, 0.717) is 13.2 Å². The van der Waals surface area contributed by atoms with E-state index in [2.05, 4.69) is 40.3 Å². The van der Waals surface area contributed by atoms with E-state index < -0.39 is 0 Å². The first-order valence-electron chi connectivity index (χ1n) is 8.04. The van der Waals surface area contributed by atoms with Gasteiger partial charge in [0.25, 0.3) is 0 Å². The quantitative estimate of drug-likeness (QED) is 0.258. The van der Waals surface area contributed by atoms with Crippen molar-refractivity contribution in [2.45, 2.75) is 53.1 Å². The van der Waals surface area contributed by atoms with Crippen LogP contribution in [0.15, 0.2) is 0 Å². The molecule has 0 aromatic heterocycles. The van der Waals surface area contributed by atoms with E-state index >= 15 is 0 Å². The van der Waals surface area contributed by atoms with Crippen LogP contribution in [0.25, 0.3) is 0 Å². The Kier molecular flexibility index (Phi) is 58.7. The fourth-order valence-electron chi connectivity index (χ4n) is 0.762. The molecule has 0 saturated carbocycles. The van der Waals surface area contributed by atoms with Crippen LogP contribution >= 0.6 is 0 Å². The molecule has 0 aromatic carbocycles. The molecule has 8 heteroatoms. The van der Waals surface area contributed by atoms with Crippen molar-refractivity contribution >= 4 is 19.5 Å². The molecule has 0 rings (SSSR count). The lowest BCUT2D eigenvalue weighted by molar-refractivity contribution is -0.287. The third-order valence-corrected chi connectivity index (χ3v) is 4.25. The molecule has 0 N–H and O–H groups in total. The Bertz CT molecular complexity index is 122. The first kappa shape index (κ1) is 30.1. The lowest BCUT2D eigenvalue weighted by Crippen LogP contribution is -1.95. The highest BCUT2D eigenvalue weighted by atomic mass is 28.2. The monoisotopic (exact) mass is 360 g/mol. The van der Waals surface area contributed by atoms with Gasteiger partial charge in [0.05, 0.1) is 27.4 Å². The Hall–Kier alpha value is 0.194. The SMILES string of the molecule is CCC[SiH2]OCC.CCOOCC.CC[SiH2]OC.COOC. The second-order valence-corrected chi connectivity index (χ2v) is 7.20. The van der Waals surface area contributed by atoms with E-state index in [1.807, 2.05) is 13.8 Å². The molecule has 0 unspecified atom stereocenters. The first-order chi connectivity index (χ1) is 10.7. The molecule has 0 aromatic rings. The average Bonchev–Trinajstić information content (AvgIpc) is 2.55. The highest BCUT2D eigenvalue weighted by Crippen LogP contribution is 1.84. The van der Waals surface area contributed by atoms with Gasteiger partial charge in [-0.15, -0.1) is 0 Å². The highest BCUT2D eigenvalue weighted by Gasteiger charge is 1.80. The van der Waals surface area contributed by atoms with Crippen molar-refractivity contribution in [3.63, 3.8) is 0 Å².